The second kappa shape index (κ2) is 8.15. The lowest BCUT2D eigenvalue weighted by molar-refractivity contribution is -0.156. The van der Waals surface area contributed by atoms with Crippen molar-refractivity contribution in [2.24, 2.45) is 0 Å². The number of carbonyl (C=O) groups excluding carboxylic acids is 1. The summed E-state index contributed by atoms with van der Waals surface area (Å²) in [6, 6.07) is 8.12. The van der Waals surface area contributed by atoms with Crippen LogP contribution in [-0.4, -0.2) is 38.3 Å². The van der Waals surface area contributed by atoms with Crippen molar-refractivity contribution in [2.75, 3.05) is 20.3 Å². The molecule has 0 radical (unpaired) electrons. The zero-order chi connectivity index (χ0) is 15.1. The maximum Gasteiger partial charge on any atom is 0.169 e. The largest absolute Gasteiger partial charge is 0.487 e. The fourth-order valence-electron chi connectivity index (χ4n) is 2.32. The fourth-order valence-corrected chi connectivity index (χ4v) is 2.32. The number of Topliss-reactive ketones (excluding diaryl/α,β-unsaturated/α-hetero) is 1. The summed E-state index contributed by atoms with van der Waals surface area (Å²) in [4.78, 5) is 11.6. The van der Waals surface area contributed by atoms with Crippen LogP contribution in [-0.2, 0) is 20.7 Å². The number of ketones is 1. The molecule has 1 aliphatic rings. The van der Waals surface area contributed by atoms with Crippen LogP contribution in [0.15, 0.2) is 24.3 Å². The van der Waals surface area contributed by atoms with Gasteiger partial charge in [-0.3, -0.25) is 4.79 Å². The number of aryl methyl sites for hydroxylation is 1. The van der Waals surface area contributed by atoms with E-state index < -0.39 is 6.10 Å². The highest BCUT2D eigenvalue weighted by atomic mass is 16.6. The van der Waals surface area contributed by atoms with Crippen molar-refractivity contribution in [3.8, 4) is 5.75 Å². The summed E-state index contributed by atoms with van der Waals surface area (Å²) in [5, 5.41) is 0. The van der Waals surface area contributed by atoms with Gasteiger partial charge in [-0.05, 0) is 30.5 Å². The summed E-state index contributed by atoms with van der Waals surface area (Å²) < 4.78 is 16.2. The highest BCUT2D eigenvalue weighted by molar-refractivity contribution is 5.90. The molecular formula is C17H24O4. The van der Waals surface area contributed by atoms with E-state index in [1.807, 2.05) is 12.1 Å². The molecule has 0 amide bonds. The molecule has 21 heavy (non-hydrogen) atoms. The van der Waals surface area contributed by atoms with Gasteiger partial charge in [0.2, 0.25) is 0 Å². The lowest BCUT2D eigenvalue weighted by Gasteiger charge is -2.34. The van der Waals surface area contributed by atoms with Crippen LogP contribution < -0.4 is 4.74 Å². The molecule has 2 atom stereocenters. The van der Waals surface area contributed by atoms with Gasteiger partial charge < -0.3 is 14.2 Å². The van der Waals surface area contributed by atoms with Gasteiger partial charge in [0.15, 0.2) is 11.9 Å². The Morgan fingerprint density at radius 1 is 1.19 bits per heavy atom. The van der Waals surface area contributed by atoms with E-state index >= 15 is 0 Å². The van der Waals surface area contributed by atoms with E-state index in [1.165, 1.54) is 18.4 Å². The number of hydrogen-bond acceptors (Lipinski definition) is 4. The second-order valence-electron chi connectivity index (χ2n) is 5.36. The monoisotopic (exact) mass is 292 g/mol. The molecule has 4 heteroatoms. The molecule has 0 spiro atoms. The number of unbranched alkanes of at least 4 members (excludes halogenated alkanes) is 1. The summed E-state index contributed by atoms with van der Waals surface area (Å²) in [6.07, 6.45) is 3.31. The van der Waals surface area contributed by atoms with Crippen LogP contribution in [0.3, 0.4) is 0 Å². The Bertz CT molecular complexity index is 441. The van der Waals surface area contributed by atoms with Crippen molar-refractivity contribution in [2.45, 2.75) is 44.8 Å². The van der Waals surface area contributed by atoms with E-state index in [4.69, 9.17) is 14.2 Å². The Morgan fingerprint density at radius 2 is 1.95 bits per heavy atom. The molecule has 0 bridgehead atoms. The second-order valence-corrected chi connectivity index (χ2v) is 5.36. The number of hydrogen-bond donors (Lipinski definition) is 0. The van der Waals surface area contributed by atoms with Gasteiger partial charge in [0.25, 0.3) is 0 Å². The standard InChI is InChI=1S/C17H24O4/c1-3-4-5-13-6-8-14(9-7-13)21-16-12-15(18)17(16)20-11-10-19-2/h6-9,16-17H,3-5,10-12H2,1-2H3. The Balaban J connectivity index is 1.82. The molecule has 2 unspecified atom stereocenters. The summed E-state index contributed by atoms with van der Waals surface area (Å²) >= 11 is 0. The van der Waals surface area contributed by atoms with Crippen LogP contribution in [0.5, 0.6) is 5.75 Å². The van der Waals surface area contributed by atoms with Crippen LogP contribution in [0.25, 0.3) is 0 Å². The molecule has 4 nitrogen and oxygen atoms in total. The third kappa shape index (κ3) is 4.55. The summed E-state index contributed by atoms with van der Waals surface area (Å²) in [6.45, 7) is 3.10. The molecule has 0 aromatic heterocycles. The van der Waals surface area contributed by atoms with Crippen molar-refractivity contribution >= 4 is 5.78 Å². The summed E-state index contributed by atoms with van der Waals surface area (Å²) in [5.74, 6) is 0.906. The Labute approximate surface area is 126 Å². The van der Waals surface area contributed by atoms with Crippen LogP contribution in [0.4, 0.5) is 0 Å². The number of ether oxygens (including phenoxy) is 3. The van der Waals surface area contributed by atoms with Gasteiger partial charge in [-0.25, -0.2) is 0 Å². The van der Waals surface area contributed by atoms with Gasteiger partial charge in [0.05, 0.1) is 13.2 Å². The molecule has 1 fully saturated rings. The first-order valence-electron chi connectivity index (χ1n) is 7.63. The average molecular weight is 292 g/mol. The quantitative estimate of drug-likeness (QED) is 0.657. The first-order valence-corrected chi connectivity index (χ1v) is 7.63. The van der Waals surface area contributed by atoms with Crippen LogP contribution >= 0.6 is 0 Å². The van der Waals surface area contributed by atoms with E-state index in [-0.39, 0.29) is 11.9 Å². The van der Waals surface area contributed by atoms with Crippen LogP contribution in [0.1, 0.15) is 31.7 Å². The molecule has 2 rings (SSSR count). The first-order chi connectivity index (χ1) is 10.2. The van der Waals surface area contributed by atoms with Crippen LogP contribution in [0.2, 0.25) is 0 Å². The molecule has 116 valence electrons. The fraction of sp³-hybridized carbons (Fsp3) is 0.588. The minimum absolute atomic E-state index is 0.107. The van der Waals surface area contributed by atoms with E-state index in [9.17, 15) is 4.79 Å². The highest BCUT2D eigenvalue weighted by Crippen LogP contribution is 2.26. The Hall–Kier alpha value is -1.39. The molecule has 1 aromatic carbocycles. The van der Waals surface area contributed by atoms with Gasteiger partial charge >= 0.3 is 0 Å². The summed E-state index contributed by atoms with van der Waals surface area (Å²) in [5.41, 5.74) is 1.32. The van der Waals surface area contributed by atoms with Crippen molar-refractivity contribution in [3.63, 3.8) is 0 Å². The molecule has 0 heterocycles. The van der Waals surface area contributed by atoms with Crippen molar-refractivity contribution in [1.29, 1.82) is 0 Å². The summed E-state index contributed by atoms with van der Waals surface area (Å²) in [7, 11) is 1.61. The number of methoxy groups -OCH3 is 1. The minimum atomic E-state index is -0.445. The number of rotatable bonds is 9. The van der Waals surface area contributed by atoms with Gasteiger partial charge in [-0.2, -0.15) is 0 Å². The highest BCUT2D eigenvalue weighted by Gasteiger charge is 2.42. The molecule has 1 saturated carbocycles. The number of carbonyl (C=O) groups is 1. The Kier molecular flexibility index (Phi) is 6.21. The topological polar surface area (TPSA) is 44.8 Å². The molecule has 1 aromatic rings. The van der Waals surface area contributed by atoms with Gasteiger partial charge in [-0.1, -0.05) is 25.5 Å². The molecule has 1 aliphatic carbocycles. The number of benzene rings is 1. The third-order valence-corrected chi connectivity index (χ3v) is 3.67. The maximum absolute atomic E-state index is 11.6. The molecule has 0 aliphatic heterocycles. The van der Waals surface area contributed by atoms with E-state index in [0.29, 0.717) is 19.6 Å². The lowest BCUT2D eigenvalue weighted by atomic mass is 9.90. The van der Waals surface area contributed by atoms with Crippen LogP contribution in [0, 0.1) is 0 Å². The first kappa shape index (κ1) is 16.0. The minimum Gasteiger partial charge on any atom is -0.487 e. The molecule has 0 saturated heterocycles. The van der Waals surface area contributed by atoms with Gasteiger partial charge in [0, 0.05) is 13.5 Å². The average Bonchev–Trinajstić information content (AvgIpc) is 2.50. The van der Waals surface area contributed by atoms with Gasteiger partial charge in [-0.15, -0.1) is 0 Å². The SMILES string of the molecule is CCCCc1ccc(OC2CC(=O)C2OCCOC)cc1. The zero-order valence-corrected chi connectivity index (χ0v) is 12.8. The van der Waals surface area contributed by atoms with E-state index in [2.05, 4.69) is 19.1 Å². The normalized spacial score (nSPS) is 21.1. The predicted octanol–water partition coefficient (Wildman–Crippen LogP) is 2.78. The van der Waals surface area contributed by atoms with Crippen molar-refractivity contribution in [1.82, 2.24) is 0 Å². The van der Waals surface area contributed by atoms with Crippen molar-refractivity contribution < 1.29 is 19.0 Å². The maximum atomic E-state index is 11.6. The third-order valence-electron chi connectivity index (χ3n) is 3.67. The van der Waals surface area contributed by atoms with E-state index in [1.54, 1.807) is 7.11 Å². The predicted molar refractivity (Wildman–Crippen MR) is 80.7 cm³/mol. The zero-order valence-electron chi connectivity index (χ0n) is 12.8. The molecular weight excluding hydrogens is 268 g/mol. The molecule has 0 N–H and O–H groups in total. The van der Waals surface area contributed by atoms with E-state index in [0.717, 1.165) is 12.2 Å². The Morgan fingerprint density at radius 3 is 2.57 bits per heavy atom. The lowest BCUT2D eigenvalue weighted by Crippen LogP contribution is -2.52. The van der Waals surface area contributed by atoms with Crippen molar-refractivity contribution in [3.05, 3.63) is 29.8 Å². The van der Waals surface area contributed by atoms with Gasteiger partial charge in [0.1, 0.15) is 11.9 Å². The smallest absolute Gasteiger partial charge is 0.169 e.